The lowest BCUT2D eigenvalue weighted by Crippen LogP contribution is -2.29. The van der Waals surface area contributed by atoms with Gasteiger partial charge in [-0.2, -0.15) is 0 Å². The molecule has 1 heterocycles. The summed E-state index contributed by atoms with van der Waals surface area (Å²) in [7, 11) is 1.62. The molecule has 0 N–H and O–H groups in total. The fraction of sp³-hybridized carbons (Fsp3) is 0.600. The Kier molecular flexibility index (Phi) is 4.42. The molecule has 0 fully saturated rings. The second kappa shape index (κ2) is 5.60. The van der Waals surface area contributed by atoms with Gasteiger partial charge in [-0.05, 0) is 13.8 Å². The molecule has 15 heavy (non-hydrogen) atoms. The Morgan fingerprint density at radius 1 is 1.53 bits per heavy atom. The van der Waals surface area contributed by atoms with Gasteiger partial charge in [-0.15, -0.1) is 0 Å². The Labute approximate surface area is 89.1 Å². The number of methoxy groups -OCH3 is 1. The molecule has 0 unspecified atom stereocenters. The zero-order valence-electron chi connectivity index (χ0n) is 9.33. The minimum atomic E-state index is -0.390. The molecule has 0 bridgehead atoms. The summed E-state index contributed by atoms with van der Waals surface area (Å²) >= 11 is 0. The van der Waals surface area contributed by atoms with Gasteiger partial charge in [0.2, 0.25) is 0 Å². The maximum atomic E-state index is 13.4. The van der Waals surface area contributed by atoms with Crippen molar-refractivity contribution in [1.82, 2.24) is 9.97 Å². The van der Waals surface area contributed by atoms with Crippen LogP contribution in [0.15, 0.2) is 6.20 Å². The molecule has 0 saturated carbocycles. The number of nitrogens with zero attached hydrogens (tertiary/aromatic N) is 3. The lowest BCUT2D eigenvalue weighted by Gasteiger charge is -2.21. The first-order chi connectivity index (χ1) is 7.19. The molecule has 0 spiro atoms. The molecule has 0 saturated heterocycles. The maximum Gasteiger partial charge on any atom is 0.183 e. The maximum absolute atomic E-state index is 13.4. The molecule has 0 aromatic carbocycles. The second-order valence-electron chi connectivity index (χ2n) is 3.16. The third-order valence-electron chi connectivity index (χ3n) is 2.09. The molecule has 0 atom stereocenters. The number of ether oxygens (including phenoxy) is 1. The lowest BCUT2D eigenvalue weighted by atomic mass is 10.4. The Hall–Kier alpha value is -1.23. The van der Waals surface area contributed by atoms with Crippen molar-refractivity contribution in [3.05, 3.63) is 17.8 Å². The SMILES string of the molecule is CCN(CCOC)c1nc(C)ncc1F. The van der Waals surface area contributed by atoms with Crippen LogP contribution in [0.4, 0.5) is 10.2 Å². The fourth-order valence-electron chi connectivity index (χ4n) is 1.28. The van der Waals surface area contributed by atoms with E-state index in [9.17, 15) is 4.39 Å². The number of hydrogen-bond acceptors (Lipinski definition) is 4. The zero-order valence-corrected chi connectivity index (χ0v) is 9.33. The van der Waals surface area contributed by atoms with Crippen molar-refractivity contribution in [3.8, 4) is 0 Å². The zero-order chi connectivity index (χ0) is 11.3. The number of aromatic nitrogens is 2. The van der Waals surface area contributed by atoms with E-state index in [1.807, 2.05) is 11.8 Å². The van der Waals surface area contributed by atoms with Gasteiger partial charge in [-0.25, -0.2) is 14.4 Å². The summed E-state index contributed by atoms with van der Waals surface area (Å²) in [4.78, 5) is 9.70. The van der Waals surface area contributed by atoms with Gasteiger partial charge in [0.1, 0.15) is 5.82 Å². The quantitative estimate of drug-likeness (QED) is 0.741. The van der Waals surface area contributed by atoms with Gasteiger partial charge >= 0.3 is 0 Å². The molecule has 1 aromatic heterocycles. The van der Waals surface area contributed by atoms with E-state index in [-0.39, 0.29) is 0 Å². The van der Waals surface area contributed by atoms with E-state index in [1.54, 1.807) is 14.0 Å². The van der Waals surface area contributed by atoms with Crippen molar-refractivity contribution in [2.75, 3.05) is 31.7 Å². The predicted octanol–water partition coefficient (Wildman–Crippen LogP) is 1.40. The Morgan fingerprint density at radius 2 is 2.27 bits per heavy atom. The van der Waals surface area contributed by atoms with E-state index in [2.05, 4.69) is 9.97 Å². The van der Waals surface area contributed by atoms with Gasteiger partial charge in [0.25, 0.3) is 0 Å². The monoisotopic (exact) mass is 213 g/mol. The molecule has 4 nitrogen and oxygen atoms in total. The van der Waals surface area contributed by atoms with Crippen molar-refractivity contribution in [2.45, 2.75) is 13.8 Å². The molecular formula is C10H16FN3O. The smallest absolute Gasteiger partial charge is 0.183 e. The van der Waals surface area contributed by atoms with Crippen LogP contribution >= 0.6 is 0 Å². The Balaban J connectivity index is 2.85. The van der Waals surface area contributed by atoms with Crippen LogP contribution in [0.5, 0.6) is 0 Å². The molecule has 0 aliphatic heterocycles. The number of halogens is 1. The fourth-order valence-corrected chi connectivity index (χ4v) is 1.28. The lowest BCUT2D eigenvalue weighted by molar-refractivity contribution is 0.205. The molecule has 84 valence electrons. The average molecular weight is 213 g/mol. The normalized spacial score (nSPS) is 10.4. The molecule has 0 aliphatic carbocycles. The summed E-state index contributed by atoms with van der Waals surface area (Å²) in [6, 6.07) is 0. The molecule has 5 heteroatoms. The summed E-state index contributed by atoms with van der Waals surface area (Å²) in [5.74, 6) is 0.530. The van der Waals surface area contributed by atoms with E-state index >= 15 is 0 Å². The van der Waals surface area contributed by atoms with E-state index < -0.39 is 5.82 Å². The van der Waals surface area contributed by atoms with Gasteiger partial charge in [0, 0.05) is 20.2 Å². The first kappa shape index (κ1) is 11.8. The van der Waals surface area contributed by atoms with E-state index in [0.29, 0.717) is 31.3 Å². The first-order valence-corrected chi connectivity index (χ1v) is 4.92. The molecule has 0 aliphatic rings. The predicted molar refractivity (Wildman–Crippen MR) is 56.5 cm³/mol. The van der Waals surface area contributed by atoms with Crippen LogP contribution in [-0.4, -0.2) is 36.8 Å². The Bertz CT molecular complexity index is 320. The van der Waals surface area contributed by atoms with Crippen molar-refractivity contribution in [1.29, 1.82) is 0 Å². The summed E-state index contributed by atoms with van der Waals surface area (Å²) < 4.78 is 18.4. The number of aryl methyl sites for hydroxylation is 1. The highest BCUT2D eigenvalue weighted by Gasteiger charge is 2.11. The average Bonchev–Trinajstić information content (AvgIpc) is 2.24. The van der Waals surface area contributed by atoms with Crippen LogP contribution in [0.25, 0.3) is 0 Å². The molecule has 0 radical (unpaired) electrons. The minimum Gasteiger partial charge on any atom is -0.383 e. The van der Waals surface area contributed by atoms with Crippen LogP contribution in [-0.2, 0) is 4.74 Å². The largest absolute Gasteiger partial charge is 0.383 e. The minimum absolute atomic E-state index is 0.349. The molecule has 0 amide bonds. The summed E-state index contributed by atoms with van der Waals surface area (Å²) in [6.45, 7) is 5.56. The highest BCUT2D eigenvalue weighted by molar-refractivity contribution is 5.38. The van der Waals surface area contributed by atoms with Crippen LogP contribution in [0.1, 0.15) is 12.7 Å². The summed E-state index contributed by atoms with van der Waals surface area (Å²) in [6.07, 6.45) is 1.20. The van der Waals surface area contributed by atoms with Crippen molar-refractivity contribution >= 4 is 5.82 Å². The van der Waals surface area contributed by atoms with Gasteiger partial charge in [-0.1, -0.05) is 0 Å². The second-order valence-corrected chi connectivity index (χ2v) is 3.16. The molecular weight excluding hydrogens is 197 g/mol. The standard InChI is InChI=1S/C10H16FN3O/c1-4-14(5-6-15-3)10-9(11)7-12-8(2)13-10/h7H,4-6H2,1-3H3. The van der Waals surface area contributed by atoms with E-state index in [0.717, 1.165) is 0 Å². The summed E-state index contributed by atoms with van der Waals surface area (Å²) in [5.41, 5.74) is 0. The topological polar surface area (TPSA) is 38.2 Å². The highest BCUT2D eigenvalue weighted by atomic mass is 19.1. The van der Waals surface area contributed by atoms with Crippen LogP contribution in [0.3, 0.4) is 0 Å². The first-order valence-electron chi connectivity index (χ1n) is 4.92. The number of likely N-dealkylation sites (N-methyl/N-ethyl adjacent to an activating group) is 1. The Morgan fingerprint density at radius 3 is 2.87 bits per heavy atom. The van der Waals surface area contributed by atoms with E-state index in [1.165, 1.54) is 6.20 Å². The third kappa shape index (κ3) is 3.13. The number of anilines is 1. The summed E-state index contributed by atoms with van der Waals surface area (Å²) in [5, 5.41) is 0. The molecule has 1 rings (SSSR count). The van der Waals surface area contributed by atoms with Crippen LogP contribution in [0, 0.1) is 12.7 Å². The highest BCUT2D eigenvalue weighted by Crippen LogP contribution is 2.14. The van der Waals surface area contributed by atoms with Crippen molar-refractivity contribution < 1.29 is 9.13 Å². The van der Waals surface area contributed by atoms with Gasteiger partial charge in [-0.3, -0.25) is 0 Å². The van der Waals surface area contributed by atoms with Crippen LogP contribution in [0.2, 0.25) is 0 Å². The molecule has 1 aromatic rings. The van der Waals surface area contributed by atoms with Gasteiger partial charge < -0.3 is 9.64 Å². The number of hydrogen-bond donors (Lipinski definition) is 0. The number of rotatable bonds is 5. The van der Waals surface area contributed by atoms with Crippen molar-refractivity contribution in [2.24, 2.45) is 0 Å². The third-order valence-corrected chi connectivity index (χ3v) is 2.09. The van der Waals surface area contributed by atoms with Gasteiger partial charge in [0.05, 0.1) is 12.8 Å². The van der Waals surface area contributed by atoms with Crippen LogP contribution < -0.4 is 4.90 Å². The van der Waals surface area contributed by atoms with Gasteiger partial charge in [0.15, 0.2) is 11.6 Å². The van der Waals surface area contributed by atoms with Crippen molar-refractivity contribution in [3.63, 3.8) is 0 Å². The van der Waals surface area contributed by atoms with E-state index in [4.69, 9.17) is 4.74 Å².